The van der Waals surface area contributed by atoms with Crippen molar-refractivity contribution in [3.05, 3.63) is 94.5 Å². The van der Waals surface area contributed by atoms with Gasteiger partial charge in [0.15, 0.2) is 0 Å². The number of aromatic hydroxyl groups is 1. The molecule has 142 valence electrons. The van der Waals surface area contributed by atoms with E-state index in [0.29, 0.717) is 11.3 Å². The van der Waals surface area contributed by atoms with Crippen molar-refractivity contribution < 1.29 is 9.90 Å². The monoisotopic (exact) mass is 445 g/mol. The van der Waals surface area contributed by atoms with Crippen LogP contribution in [0.3, 0.4) is 0 Å². The van der Waals surface area contributed by atoms with E-state index in [2.05, 4.69) is 26.5 Å². The van der Waals surface area contributed by atoms with Gasteiger partial charge in [0.05, 0.1) is 23.0 Å². The molecular formula is C23H16BrN3O2. The molecule has 0 aliphatic rings. The van der Waals surface area contributed by atoms with Crippen LogP contribution in [0.2, 0.25) is 0 Å². The van der Waals surface area contributed by atoms with E-state index in [1.54, 1.807) is 30.3 Å². The number of phenols is 1. The lowest BCUT2D eigenvalue weighted by Gasteiger charge is -2.09. The summed E-state index contributed by atoms with van der Waals surface area (Å²) in [7, 11) is 0. The third kappa shape index (κ3) is 4.33. The molecule has 5 nitrogen and oxygen atoms in total. The van der Waals surface area contributed by atoms with E-state index in [4.69, 9.17) is 4.98 Å². The SMILES string of the molecule is O=C(N/N=C\c1ccc(O)cc1)c1cc(-c2ccc(Br)cc2)nc2ccccc12. The molecule has 1 heterocycles. The third-order valence-electron chi connectivity index (χ3n) is 4.37. The zero-order chi connectivity index (χ0) is 20.2. The van der Waals surface area contributed by atoms with Crippen LogP contribution in [0.5, 0.6) is 5.75 Å². The maximum absolute atomic E-state index is 12.8. The molecule has 6 heteroatoms. The first kappa shape index (κ1) is 18.8. The van der Waals surface area contributed by atoms with Gasteiger partial charge in [-0.15, -0.1) is 0 Å². The van der Waals surface area contributed by atoms with E-state index >= 15 is 0 Å². The van der Waals surface area contributed by atoms with Gasteiger partial charge in [-0.05, 0) is 54.1 Å². The van der Waals surface area contributed by atoms with Gasteiger partial charge < -0.3 is 5.11 Å². The Kier molecular flexibility index (Phi) is 5.35. The van der Waals surface area contributed by atoms with Crippen LogP contribution in [-0.2, 0) is 0 Å². The fourth-order valence-electron chi connectivity index (χ4n) is 2.92. The van der Waals surface area contributed by atoms with Crippen LogP contribution in [0, 0.1) is 0 Å². The number of hydrogen-bond donors (Lipinski definition) is 2. The second kappa shape index (κ2) is 8.24. The number of hydrazone groups is 1. The minimum atomic E-state index is -0.322. The van der Waals surface area contributed by atoms with Gasteiger partial charge in [-0.25, -0.2) is 10.4 Å². The van der Waals surface area contributed by atoms with Crippen molar-refractivity contribution >= 4 is 39.0 Å². The van der Waals surface area contributed by atoms with Gasteiger partial charge in [-0.3, -0.25) is 4.79 Å². The van der Waals surface area contributed by atoms with E-state index in [-0.39, 0.29) is 11.7 Å². The lowest BCUT2D eigenvalue weighted by Crippen LogP contribution is -2.18. The summed E-state index contributed by atoms with van der Waals surface area (Å²) < 4.78 is 0.976. The summed E-state index contributed by atoms with van der Waals surface area (Å²) in [4.78, 5) is 17.5. The molecule has 29 heavy (non-hydrogen) atoms. The molecule has 3 aromatic carbocycles. The lowest BCUT2D eigenvalue weighted by atomic mass is 10.0. The highest BCUT2D eigenvalue weighted by Gasteiger charge is 2.13. The highest BCUT2D eigenvalue weighted by atomic mass is 79.9. The number of para-hydroxylation sites is 1. The average Bonchev–Trinajstić information content (AvgIpc) is 2.75. The van der Waals surface area contributed by atoms with Gasteiger partial charge in [-0.2, -0.15) is 5.10 Å². The number of hydrogen-bond acceptors (Lipinski definition) is 4. The number of aromatic nitrogens is 1. The number of halogens is 1. The zero-order valence-electron chi connectivity index (χ0n) is 15.2. The number of benzene rings is 3. The van der Waals surface area contributed by atoms with Crippen LogP contribution in [0.1, 0.15) is 15.9 Å². The molecule has 1 amide bonds. The van der Waals surface area contributed by atoms with E-state index in [1.165, 1.54) is 6.21 Å². The summed E-state index contributed by atoms with van der Waals surface area (Å²) in [5.41, 5.74) is 6.20. The third-order valence-corrected chi connectivity index (χ3v) is 4.90. The second-order valence-electron chi connectivity index (χ2n) is 6.37. The van der Waals surface area contributed by atoms with Gasteiger partial charge in [0.25, 0.3) is 5.91 Å². The minimum absolute atomic E-state index is 0.176. The van der Waals surface area contributed by atoms with Crippen LogP contribution in [0.25, 0.3) is 22.2 Å². The lowest BCUT2D eigenvalue weighted by molar-refractivity contribution is 0.0956. The van der Waals surface area contributed by atoms with E-state index in [1.807, 2.05) is 48.5 Å². The minimum Gasteiger partial charge on any atom is -0.508 e. The van der Waals surface area contributed by atoms with Crippen LogP contribution < -0.4 is 5.43 Å². The molecule has 0 unspecified atom stereocenters. The predicted octanol–water partition coefficient (Wildman–Crippen LogP) is 5.13. The van der Waals surface area contributed by atoms with Crippen LogP contribution in [-0.4, -0.2) is 22.2 Å². The molecule has 0 radical (unpaired) electrons. The number of nitrogens with zero attached hydrogens (tertiary/aromatic N) is 2. The Morgan fingerprint density at radius 3 is 2.48 bits per heavy atom. The molecule has 0 saturated heterocycles. The Morgan fingerprint density at radius 2 is 1.72 bits per heavy atom. The standard InChI is InChI=1S/C23H16BrN3O2/c24-17-9-7-16(8-10-17)22-13-20(19-3-1-2-4-21(19)26-22)23(29)27-25-14-15-5-11-18(28)12-6-15/h1-14,28H,(H,27,29)/b25-14-. The molecule has 2 N–H and O–H groups in total. The first-order chi connectivity index (χ1) is 14.1. The molecule has 0 bridgehead atoms. The zero-order valence-corrected chi connectivity index (χ0v) is 16.8. The van der Waals surface area contributed by atoms with Crippen molar-refractivity contribution in [1.82, 2.24) is 10.4 Å². The summed E-state index contributed by atoms with van der Waals surface area (Å²) in [5, 5.41) is 14.1. The average molecular weight is 446 g/mol. The largest absolute Gasteiger partial charge is 0.508 e. The van der Waals surface area contributed by atoms with E-state index < -0.39 is 0 Å². The smallest absolute Gasteiger partial charge is 0.272 e. The fourth-order valence-corrected chi connectivity index (χ4v) is 3.18. The normalized spacial score (nSPS) is 11.1. The number of carbonyl (C=O) groups excluding carboxylic acids is 1. The van der Waals surface area contributed by atoms with Crippen molar-refractivity contribution in [1.29, 1.82) is 0 Å². The molecular weight excluding hydrogens is 430 g/mol. The van der Waals surface area contributed by atoms with Crippen molar-refractivity contribution in [2.75, 3.05) is 0 Å². The molecule has 1 aromatic heterocycles. The number of fused-ring (bicyclic) bond motifs is 1. The molecule has 0 saturated carbocycles. The summed E-state index contributed by atoms with van der Waals surface area (Å²) in [6.45, 7) is 0. The molecule has 0 aliphatic carbocycles. The van der Waals surface area contributed by atoms with Crippen molar-refractivity contribution in [3.8, 4) is 17.0 Å². The highest BCUT2D eigenvalue weighted by molar-refractivity contribution is 9.10. The number of amides is 1. The van der Waals surface area contributed by atoms with Gasteiger partial charge in [0.1, 0.15) is 5.75 Å². The summed E-state index contributed by atoms with van der Waals surface area (Å²) in [5.74, 6) is -0.146. The predicted molar refractivity (Wildman–Crippen MR) is 118 cm³/mol. The van der Waals surface area contributed by atoms with Crippen LogP contribution in [0.4, 0.5) is 0 Å². The Morgan fingerprint density at radius 1 is 1.00 bits per heavy atom. The molecule has 4 aromatic rings. The maximum atomic E-state index is 12.8. The fraction of sp³-hybridized carbons (Fsp3) is 0. The first-order valence-electron chi connectivity index (χ1n) is 8.88. The Balaban J connectivity index is 1.67. The Bertz CT molecular complexity index is 1200. The van der Waals surface area contributed by atoms with Gasteiger partial charge in [0.2, 0.25) is 0 Å². The second-order valence-corrected chi connectivity index (χ2v) is 7.29. The molecule has 0 atom stereocenters. The van der Waals surface area contributed by atoms with Crippen molar-refractivity contribution in [2.45, 2.75) is 0 Å². The number of nitrogens with one attached hydrogen (secondary N) is 1. The maximum Gasteiger partial charge on any atom is 0.272 e. The van der Waals surface area contributed by atoms with Crippen molar-refractivity contribution in [3.63, 3.8) is 0 Å². The van der Waals surface area contributed by atoms with Gasteiger partial charge in [-0.1, -0.05) is 46.3 Å². The summed E-state index contributed by atoms with van der Waals surface area (Å²) in [6.07, 6.45) is 1.52. The Hall–Kier alpha value is -3.51. The first-order valence-corrected chi connectivity index (χ1v) is 9.67. The van der Waals surface area contributed by atoms with Gasteiger partial charge >= 0.3 is 0 Å². The number of phenolic OH excluding ortho intramolecular Hbond substituents is 1. The van der Waals surface area contributed by atoms with Crippen LogP contribution in [0.15, 0.2) is 88.4 Å². The molecule has 0 aliphatic heterocycles. The number of carbonyl (C=O) groups is 1. The quantitative estimate of drug-likeness (QED) is 0.337. The summed E-state index contributed by atoms with van der Waals surface area (Å²) in [6, 6.07) is 23.6. The van der Waals surface area contributed by atoms with E-state index in [0.717, 1.165) is 26.5 Å². The molecule has 0 fully saturated rings. The Labute approximate surface area is 175 Å². The molecule has 0 spiro atoms. The molecule has 4 rings (SSSR count). The van der Waals surface area contributed by atoms with Crippen molar-refractivity contribution in [2.24, 2.45) is 5.10 Å². The topological polar surface area (TPSA) is 74.6 Å². The van der Waals surface area contributed by atoms with Crippen LogP contribution >= 0.6 is 15.9 Å². The van der Waals surface area contributed by atoms with E-state index in [9.17, 15) is 9.90 Å². The summed E-state index contributed by atoms with van der Waals surface area (Å²) >= 11 is 3.43. The van der Waals surface area contributed by atoms with Gasteiger partial charge in [0, 0.05) is 15.4 Å². The number of rotatable bonds is 4. The number of pyridine rings is 1. The highest BCUT2D eigenvalue weighted by Crippen LogP contribution is 2.26.